The molecule has 1 aliphatic heterocycles. The monoisotopic (exact) mass is 336 g/mol. The maximum Gasteiger partial charge on any atom is 0.138 e. The fraction of sp³-hybridized carbons (Fsp3) is 0.400. The minimum absolute atomic E-state index is 0.362. The van der Waals surface area contributed by atoms with Crippen molar-refractivity contribution in [2.75, 3.05) is 6.54 Å². The molecule has 0 bridgehead atoms. The van der Waals surface area contributed by atoms with Gasteiger partial charge in [-0.1, -0.05) is 19.9 Å². The van der Waals surface area contributed by atoms with Crippen molar-refractivity contribution < 1.29 is 4.42 Å². The number of imidazole rings is 1. The van der Waals surface area contributed by atoms with Crippen LogP contribution in [0.1, 0.15) is 55.7 Å². The van der Waals surface area contributed by atoms with E-state index in [1.54, 1.807) is 6.26 Å². The van der Waals surface area contributed by atoms with E-state index in [1.165, 1.54) is 12.0 Å². The Morgan fingerprint density at radius 2 is 2.20 bits per heavy atom. The third kappa shape index (κ3) is 3.24. The smallest absolute Gasteiger partial charge is 0.138 e. The standard InChI is InChI=1S/C20H24N4O/c1-15(2)20-21-9-11-24(20)19-7-3-5-17(22-19)18-6-4-10-23(18)13-16-8-12-25-14-16/h3,5,7-9,11-12,14-15,18H,4,6,10,13H2,1-2H3. The minimum Gasteiger partial charge on any atom is -0.472 e. The van der Waals surface area contributed by atoms with Gasteiger partial charge in [-0.05, 0) is 37.6 Å². The Kier molecular flexibility index (Phi) is 4.40. The molecule has 0 aliphatic carbocycles. The molecule has 130 valence electrons. The molecule has 0 aromatic carbocycles. The molecule has 0 amide bonds. The van der Waals surface area contributed by atoms with Crippen molar-refractivity contribution in [1.29, 1.82) is 0 Å². The Labute approximate surface area is 148 Å². The first-order valence-electron chi connectivity index (χ1n) is 8.98. The zero-order chi connectivity index (χ0) is 17.2. The van der Waals surface area contributed by atoms with Crippen molar-refractivity contribution in [2.45, 2.75) is 45.2 Å². The van der Waals surface area contributed by atoms with Crippen LogP contribution >= 0.6 is 0 Å². The topological polar surface area (TPSA) is 47.1 Å². The Bertz CT molecular complexity index is 822. The number of rotatable bonds is 5. The summed E-state index contributed by atoms with van der Waals surface area (Å²) in [7, 11) is 0. The van der Waals surface area contributed by atoms with Crippen LogP contribution in [0.25, 0.3) is 5.82 Å². The van der Waals surface area contributed by atoms with E-state index < -0.39 is 0 Å². The predicted octanol–water partition coefficient (Wildman–Crippen LogP) is 4.32. The number of likely N-dealkylation sites (tertiary alicyclic amines) is 1. The average Bonchev–Trinajstić information content (AvgIpc) is 3.37. The molecule has 1 atom stereocenters. The van der Waals surface area contributed by atoms with Crippen molar-refractivity contribution in [1.82, 2.24) is 19.4 Å². The summed E-state index contributed by atoms with van der Waals surface area (Å²) in [5, 5.41) is 0. The molecule has 0 N–H and O–H groups in total. The van der Waals surface area contributed by atoms with Gasteiger partial charge < -0.3 is 4.42 Å². The molecule has 4 heterocycles. The van der Waals surface area contributed by atoms with Crippen LogP contribution in [0.5, 0.6) is 0 Å². The van der Waals surface area contributed by atoms with Crippen molar-refractivity contribution in [2.24, 2.45) is 0 Å². The van der Waals surface area contributed by atoms with Gasteiger partial charge in [0.2, 0.25) is 0 Å². The number of hydrogen-bond acceptors (Lipinski definition) is 4. The van der Waals surface area contributed by atoms with E-state index in [0.29, 0.717) is 12.0 Å². The largest absolute Gasteiger partial charge is 0.472 e. The lowest BCUT2D eigenvalue weighted by molar-refractivity contribution is 0.243. The van der Waals surface area contributed by atoms with Gasteiger partial charge in [-0.15, -0.1) is 0 Å². The Balaban J connectivity index is 1.61. The summed E-state index contributed by atoms with van der Waals surface area (Å²) in [4.78, 5) is 12.0. The fourth-order valence-corrected chi connectivity index (χ4v) is 3.66. The van der Waals surface area contributed by atoms with Crippen LogP contribution in [0.4, 0.5) is 0 Å². The molecule has 0 spiro atoms. The van der Waals surface area contributed by atoms with Crippen LogP contribution in [0.15, 0.2) is 53.6 Å². The maximum atomic E-state index is 5.22. The summed E-state index contributed by atoms with van der Waals surface area (Å²) in [5.74, 6) is 2.37. The summed E-state index contributed by atoms with van der Waals surface area (Å²) in [5.41, 5.74) is 2.36. The van der Waals surface area contributed by atoms with E-state index in [2.05, 4.69) is 46.5 Å². The van der Waals surface area contributed by atoms with Gasteiger partial charge in [-0.3, -0.25) is 9.47 Å². The second-order valence-corrected chi connectivity index (χ2v) is 6.99. The first-order valence-corrected chi connectivity index (χ1v) is 8.98. The minimum atomic E-state index is 0.362. The molecule has 1 unspecified atom stereocenters. The molecule has 0 saturated carbocycles. The highest BCUT2D eigenvalue weighted by Gasteiger charge is 2.27. The van der Waals surface area contributed by atoms with Crippen molar-refractivity contribution in [3.8, 4) is 5.82 Å². The van der Waals surface area contributed by atoms with Gasteiger partial charge in [0, 0.05) is 30.4 Å². The zero-order valence-corrected chi connectivity index (χ0v) is 14.8. The van der Waals surface area contributed by atoms with E-state index >= 15 is 0 Å². The van der Waals surface area contributed by atoms with Crippen molar-refractivity contribution in [3.63, 3.8) is 0 Å². The first-order chi connectivity index (χ1) is 12.2. The fourth-order valence-electron chi connectivity index (χ4n) is 3.66. The van der Waals surface area contributed by atoms with Crippen LogP contribution in [0, 0.1) is 0 Å². The maximum absolute atomic E-state index is 5.22. The SMILES string of the molecule is CC(C)c1nccn1-c1cccc(C2CCCN2Cc2ccoc2)n1. The number of pyridine rings is 1. The number of hydrogen-bond donors (Lipinski definition) is 0. The van der Waals surface area contributed by atoms with Crippen LogP contribution in [-0.4, -0.2) is 26.0 Å². The lowest BCUT2D eigenvalue weighted by Gasteiger charge is -2.24. The van der Waals surface area contributed by atoms with E-state index in [4.69, 9.17) is 9.40 Å². The molecule has 5 nitrogen and oxygen atoms in total. The highest BCUT2D eigenvalue weighted by atomic mass is 16.3. The molecular formula is C20H24N4O. The summed E-state index contributed by atoms with van der Waals surface area (Å²) in [6, 6.07) is 8.72. The summed E-state index contributed by atoms with van der Waals surface area (Å²) < 4.78 is 7.32. The summed E-state index contributed by atoms with van der Waals surface area (Å²) in [6.45, 7) is 6.33. The van der Waals surface area contributed by atoms with E-state index in [1.807, 2.05) is 24.7 Å². The Morgan fingerprint density at radius 1 is 1.28 bits per heavy atom. The molecule has 4 rings (SSSR count). The first kappa shape index (κ1) is 16.1. The molecule has 1 saturated heterocycles. The van der Waals surface area contributed by atoms with Crippen LogP contribution in [-0.2, 0) is 6.54 Å². The zero-order valence-electron chi connectivity index (χ0n) is 14.8. The van der Waals surface area contributed by atoms with Gasteiger partial charge in [0.05, 0.1) is 24.3 Å². The number of nitrogens with zero attached hydrogens (tertiary/aromatic N) is 4. The molecule has 5 heteroatoms. The van der Waals surface area contributed by atoms with Gasteiger partial charge >= 0.3 is 0 Å². The predicted molar refractivity (Wildman–Crippen MR) is 96.5 cm³/mol. The van der Waals surface area contributed by atoms with Gasteiger partial charge in [0.1, 0.15) is 11.6 Å². The molecule has 3 aromatic heterocycles. The quantitative estimate of drug-likeness (QED) is 0.696. The Hall–Kier alpha value is -2.40. The molecule has 1 aliphatic rings. The second-order valence-electron chi connectivity index (χ2n) is 6.99. The molecule has 25 heavy (non-hydrogen) atoms. The molecule has 1 fully saturated rings. The summed E-state index contributed by atoms with van der Waals surface area (Å²) in [6.07, 6.45) is 9.78. The number of furan rings is 1. The van der Waals surface area contributed by atoms with Gasteiger partial charge in [-0.25, -0.2) is 9.97 Å². The third-order valence-electron chi connectivity index (χ3n) is 4.86. The van der Waals surface area contributed by atoms with E-state index in [9.17, 15) is 0 Å². The highest BCUT2D eigenvalue weighted by molar-refractivity contribution is 5.29. The van der Waals surface area contributed by atoms with Gasteiger partial charge in [0.25, 0.3) is 0 Å². The van der Waals surface area contributed by atoms with Crippen LogP contribution in [0.2, 0.25) is 0 Å². The summed E-state index contributed by atoms with van der Waals surface area (Å²) >= 11 is 0. The third-order valence-corrected chi connectivity index (χ3v) is 4.86. The highest BCUT2D eigenvalue weighted by Crippen LogP contribution is 2.32. The normalized spacial score (nSPS) is 18.3. The Morgan fingerprint density at radius 3 is 3.00 bits per heavy atom. The van der Waals surface area contributed by atoms with E-state index in [-0.39, 0.29) is 0 Å². The second kappa shape index (κ2) is 6.84. The molecule has 3 aromatic rings. The lowest BCUT2D eigenvalue weighted by atomic mass is 10.1. The van der Waals surface area contributed by atoms with Crippen LogP contribution in [0.3, 0.4) is 0 Å². The van der Waals surface area contributed by atoms with Crippen molar-refractivity contribution >= 4 is 0 Å². The van der Waals surface area contributed by atoms with Gasteiger partial charge in [-0.2, -0.15) is 0 Å². The van der Waals surface area contributed by atoms with Crippen molar-refractivity contribution in [3.05, 3.63) is 66.3 Å². The van der Waals surface area contributed by atoms with Crippen LogP contribution < -0.4 is 0 Å². The van der Waals surface area contributed by atoms with E-state index in [0.717, 1.165) is 36.8 Å². The van der Waals surface area contributed by atoms with Gasteiger partial charge in [0.15, 0.2) is 0 Å². The number of aromatic nitrogens is 3. The molecular weight excluding hydrogens is 312 g/mol. The molecule has 0 radical (unpaired) electrons. The lowest BCUT2D eigenvalue weighted by Crippen LogP contribution is -2.23. The average molecular weight is 336 g/mol.